The van der Waals surface area contributed by atoms with Crippen LogP contribution in [0.15, 0.2) is 43.0 Å². The van der Waals surface area contributed by atoms with Crippen molar-refractivity contribution in [3.63, 3.8) is 0 Å². The molecule has 0 unspecified atom stereocenters. The molecule has 96 valence electrons. The maximum atomic E-state index is 11.6. The van der Waals surface area contributed by atoms with E-state index in [2.05, 4.69) is 11.9 Å². The summed E-state index contributed by atoms with van der Waals surface area (Å²) in [7, 11) is 1.33. The number of hydrogen-bond donors (Lipinski definition) is 1. The highest BCUT2D eigenvalue weighted by molar-refractivity contribution is 5.87. The lowest BCUT2D eigenvalue weighted by Gasteiger charge is -2.23. The van der Waals surface area contributed by atoms with E-state index < -0.39 is 12.0 Å². The molecular formula is C14H17NO3. The molecule has 0 saturated carbocycles. The normalized spacial score (nSPS) is 13.2. The average molecular weight is 247 g/mol. The number of carbonyl (C=O) groups excluding carboxylic acids is 2. The van der Waals surface area contributed by atoms with E-state index in [1.54, 1.807) is 6.92 Å². The molecule has 0 radical (unpaired) electrons. The molecule has 1 aromatic rings. The van der Waals surface area contributed by atoms with Gasteiger partial charge in [0.1, 0.15) is 0 Å². The van der Waals surface area contributed by atoms with Gasteiger partial charge in [-0.15, -0.1) is 0 Å². The maximum Gasteiger partial charge on any atom is 0.310 e. The standard InChI is InChI=1S/C14H17NO3/c1-4-12(16)15-13(10(2)14(17)18-3)11-8-6-5-7-9-11/h4-10,13H,1H2,2-3H3,(H,15,16)/t10-,13+/m0/s1. The first-order valence-corrected chi connectivity index (χ1v) is 5.65. The van der Waals surface area contributed by atoms with Crippen molar-refractivity contribution in [3.8, 4) is 0 Å². The molecule has 4 nitrogen and oxygen atoms in total. The molecule has 1 N–H and O–H groups in total. The minimum atomic E-state index is -0.471. The van der Waals surface area contributed by atoms with E-state index in [1.165, 1.54) is 13.2 Å². The molecule has 0 aromatic heterocycles. The van der Waals surface area contributed by atoms with E-state index >= 15 is 0 Å². The number of amides is 1. The summed E-state index contributed by atoms with van der Waals surface area (Å²) in [5.41, 5.74) is 0.852. The molecule has 1 amide bonds. The molecule has 1 rings (SSSR count). The second-order valence-electron chi connectivity index (χ2n) is 3.91. The van der Waals surface area contributed by atoms with Gasteiger partial charge in [0.15, 0.2) is 0 Å². The van der Waals surface area contributed by atoms with Crippen LogP contribution < -0.4 is 5.32 Å². The number of rotatable bonds is 5. The van der Waals surface area contributed by atoms with Crippen molar-refractivity contribution >= 4 is 11.9 Å². The van der Waals surface area contributed by atoms with Crippen molar-refractivity contribution < 1.29 is 14.3 Å². The fourth-order valence-corrected chi connectivity index (χ4v) is 1.69. The quantitative estimate of drug-likeness (QED) is 0.638. The zero-order valence-electron chi connectivity index (χ0n) is 10.6. The monoisotopic (exact) mass is 247 g/mol. The first-order valence-electron chi connectivity index (χ1n) is 5.65. The molecule has 0 aliphatic rings. The van der Waals surface area contributed by atoms with Crippen LogP contribution in [0.25, 0.3) is 0 Å². The summed E-state index contributed by atoms with van der Waals surface area (Å²) < 4.78 is 4.71. The molecule has 0 heterocycles. The second kappa shape index (κ2) is 6.59. The van der Waals surface area contributed by atoms with Crippen LogP contribution >= 0.6 is 0 Å². The first kappa shape index (κ1) is 14.0. The zero-order chi connectivity index (χ0) is 13.5. The van der Waals surface area contributed by atoms with Crippen LogP contribution in [0.4, 0.5) is 0 Å². The smallest absolute Gasteiger partial charge is 0.310 e. The number of ether oxygens (including phenoxy) is 1. The number of carbonyl (C=O) groups is 2. The molecule has 0 fully saturated rings. The van der Waals surface area contributed by atoms with Gasteiger partial charge in [-0.05, 0) is 18.6 Å². The summed E-state index contributed by atoms with van der Waals surface area (Å²) in [5.74, 6) is -1.16. The van der Waals surface area contributed by atoms with Gasteiger partial charge in [-0.25, -0.2) is 0 Å². The molecule has 0 bridgehead atoms. The van der Waals surface area contributed by atoms with Crippen molar-refractivity contribution in [2.75, 3.05) is 7.11 Å². The Balaban J connectivity index is 2.98. The minimum absolute atomic E-state index is 0.320. The molecule has 0 aliphatic heterocycles. The topological polar surface area (TPSA) is 55.4 Å². The molecule has 18 heavy (non-hydrogen) atoms. The van der Waals surface area contributed by atoms with Crippen molar-refractivity contribution in [2.24, 2.45) is 5.92 Å². The summed E-state index contributed by atoms with van der Waals surface area (Å²) in [6.45, 7) is 5.12. The summed E-state index contributed by atoms with van der Waals surface area (Å²) in [4.78, 5) is 23.0. The number of methoxy groups -OCH3 is 1. The summed E-state index contributed by atoms with van der Waals surface area (Å²) in [6.07, 6.45) is 1.18. The Bertz CT molecular complexity index is 428. The fourth-order valence-electron chi connectivity index (χ4n) is 1.69. The summed E-state index contributed by atoms with van der Waals surface area (Å²) in [6, 6.07) is 8.86. The number of esters is 1. The van der Waals surface area contributed by atoms with E-state index in [0.29, 0.717) is 0 Å². The minimum Gasteiger partial charge on any atom is -0.469 e. The predicted molar refractivity (Wildman–Crippen MR) is 68.7 cm³/mol. The van der Waals surface area contributed by atoms with E-state index in [-0.39, 0.29) is 11.9 Å². The van der Waals surface area contributed by atoms with Crippen LogP contribution in [-0.4, -0.2) is 19.0 Å². The Hall–Kier alpha value is -2.10. The highest BCUT2D eigenvalue weighted by Gasteiger charge is 2.27. The third-order valence-corrected chi connectivity index (χ3v) is 2.71. The summed E-state index contributed by atoms with van der Waals surface area (Å²) >= 11 is 0. The van der Waals surface area contributed by atoms with Crippen molar-refractivity contribution in [1.29, 1.82) is 0 Å². The van der Waals surface area contributed by atoms with Gasteiger partial charge in [0.25, 0.3) is 0 Å². The van der Waals surface area contributed by atoms with Crippen LogP contribution in [0.1, 0.15) is 18.5 Å². The lowest BCUT2D eigenvalue weighted by Crippen LogP contribution is -2.35. The fraction of sp³-hybridized carbons (Fsp3) is 0.286. The largest absolute Gasteiger partial charge is 0.469 e. The van der Waals surface area contributed by atoms with Crippen molar-refractivity contribution in [3.05, 3.63) is 48.6 Å². The van der Waals surface area contributed by atoms with Gasteiger partial charge >= 0.3 is 5.97 Å². The van der Waals surface area contributed by atoms with Crippen LogP contribution in [0.2, 0.25) is 0 Å². The lowest BCUT2D eigenvalue weighted by atomic mass is 9.94. The summed E-state index contributed by atoms with van der Waals surface area (Å²) in [5, 5.41) is 2.74. The van der Waals surface area contributed by atoms with E-state index in [0.717, 1.165) is 5.56 Å². The highest BCUT2D eigenvalue weighted by Crippen LogP contribution is 2.22. The Kier molecular flexibility index (Phi) is 5.11. The molecule has 1 aromatic carbocycles. The Labute approximate surface area is 107 Å². The van der Waals surface area contributed by atoms with Gasteiger partial charge in [0, 0.05) is 0 Å². The van der Waals surface area contributed by atoms with Gasteiger partial charge in [0.2, 0.25) is 5.91 Å². The molecule has 2 atom stereocenters. The Morgan fingerprint density at radius 3 is 2.44 bits per heavy atom. The van der Waals surface area contributed by atoms with Gasteiger partial charge in [-0.1, -0.05) is 36.9 Å². The van der Waals surface area contributed by atoms with Crippen LogP contribution in [-0.2, 0) is 14.3 Å². The zero-order valence-corrected chi connectivity index (χ0v) is 10.6. The first-order chi connectivity index (χ1) is 8.60. The predicted octanol–water partition coefficient (Wildman–Crippen LogP) is 1.84. The van der Waals surface area contributed by atoms with Crippen molar-refractivity contribution in [2.45, 2.75) is 13.0 Å². The van der Waals surface area contributed by atoms with E-state index in [4.69, 9.17) is 4.74 Å². The van der Waals surface area contributed by atoms with Crippen molar-refractivity contribution in [1.82, 2.24) is 5.32 Å². The highest BCUT2D eigenvalue weighted by atomic mass is 16.5. The number of nitrogens with one attached hydrogen (secondary N) is 1. The van der Waals surface area contributed by atoms with Gasteiger partial charge in [-0.2, -0.15) is 0 Å². The molecule has 0 aliphatic carbocycles. The number of hydrogen-bond acceptors (Lipinski definition) is 3. The maximum absolute atomic E-state index is 11.6. The SMILES string of the molecule is C=CC(=O)N[C@@H](c1ccccc1)[C@H](C)C(=O)OC. The van der Waals surface area contributed by atoms with Crippen LogP contribution in [0.3, 0.4) is 0 Å². The Morgan fingerprint density at radius 2 is 1.94 bits per heavy atom. The van der Waals surface area contributed by atoms with Crippen LogP contribution in [0.5, 0.6) is 0 Å². The molecular weight excluding hydrogens is 230 g/mol. The van der Waals surface area contributed by atoms with E-state index in [9.17, 15) is 9.59 Å². The molecule has 0 spiro atoms. The van der Waals surface area contributed by atoms with Gasteiger partial charge in [-0.3, -0.25) is 9.59 Å². The number of benzene rings is 1. The molecule has 4 heteroatoms. The van der Waals surface area contributed by atoms with Crippen LogP contribution in [0, 0.1) is 5.92 Å². The van der Waals surface area contributed by atoms with Gasteiger partial charge < -0.3 is 10.1 Å². The van der Waals surface area contributed by atoms with E-state index in [1.807, 2.05) is 30.3 Å². The second-order valence-corrected chi connectivity index (χ2v) is 3.91. The lowest BCUT2D eigenvalue weighted by molar-refractivity contribution is -0.146. The third-order valence-electron chi connectivity index (χ3n) is 2.71. The third kappa shape index (κ3) is 3.45. The Morgan fingerprint density at radius 1 is 1.33 bits per heavy atom. The average Bonchev–Trinajstić information content (AvgIpc) is 2.43. The van der Waals surface area contributed by atoms with Gasteiger partial charge in [0.05, 0.1) is 19.1 Å². The molecule has 0 saturated heterocycles.